The average molecular weight is 284 g/mol. The highest BCUT2D eigenvalue weighted by atomic mass is 16.4. The van der Waals surface area contributed by atoms with E-state index in [2.05, 4.69) is 12.2 Å². The monoisotopic (exact) mass is 284 g/mol. The fraction of sp³-hybridized carbons (Fsp3) is 0.867. The largest absolute Gasteiger partial charge is 0.481 e. The first kappa shape index (κ1) is 16.8. The second kappa shape index (κ2) is 9.61. The lowest BCUT2D eigenvalue weighted by molar-refractivity contribution is -0.137. The van der Waals surface area contributed by atoms with Crippen LogP contribution in [0.15, 0.2) is 0 Å². The zero-order chi connectivity index (χ0) is 14.8. The Bertz CT molecular complexity index is 307. The summed E-state index contributed by atoms with van der Waals surface area (Å²) in [5.74, 6) is -0.0456. The lowest BCUT2D eigenvalue weighted by atomic mass is 10.0. The normalized spacial score (nSPS) is 18.2. The van der Waals surface area contributed by atoms with Crippen LogP contribution in [0.3, 0.4) is 0 Å². The number of hydrogen-bond donors (Lipinski definition) is 2. The van der Waals surface area contributed by atoms with Crippen molar-refractivity contribution in [1.29, 1.82) is 0 Å². The van der Waals surface area contributed by atoms with E-state index in [4.69, 9.17) is 5.11 Å². The molecule has 1 atom stereocenters. The molecule has 20 heavy (non-hydrogen) atoms. The van der Waals surface area contributed by atoms with Gasteiger partial charge in [0, 0.05) is 26.1 Å². The van der Waals surface area contributed by atoms with Crippen molar-refractivity contribution in [3.05, 3.63) is 0 Å². The molecule has 1 saturated heterocycles. The van der Waals surface area contributed by atoms with Gasteiger partial charge in [-0.05, 0) is 31.6 Å². The maximum absolute atomic E-state index is 11.9. The lowest BCUT2D eigenvalue weighted by Gasteiger charge is -2.17. The van der Waals surface area contributed by atoms with Gasteiger partial charge in [-0.25, -0.2) is 4.79 Å². The lowest BCUT2D eigenvalue weighted by Crippen LogP contribution is -2.38. The summed E-state index contributed by atoms with van der Waals surface area (Å²) < 4.78 is 0. The average Bonchev–Trinajstić information content (AvgIpc) is 2.86. The Labute approximate surface area is 121 Å². The van der Waals surface area contributed by atoms with Gasteiger partial charge in [0.15, 0.2) is 0 Å². The number of unbranched alkanes of at least 4 members (excludes halogenated alkanes) is 3. The van der Waals surface area contributed by atoms with E-state index in [1.165, 1.54) is 12.8 Å². The Balaban J connectivity index is 1.99. The number of nitrogens with one attached hydrogen (secondary N) is 1. The van der Waals surface area contributed by atoms with Crippen molar-refractivity contribution in [1.82, 2.24) is 10.2 Å². The Kier molecular flexibility index (Phi) is 8.07. The third-order valence-corrected chi connectivity index (χ3v) is 3.86. The Morgan fingerprint density at radius 3 is 2.70 bits per heavy atom. The molecule has 0 spiro atoms. The van der Waals surface area contributed by atoms with Crippen molar-refractivity contribution in [2.45, 2.75) is 58.3 Å². The molecule has 0 aromatic heterocycles. The minimum atomic E-state index is -0.728. The van der Waals surface area contributed by atoms with Gasteiger partial charge in [-0.15, -0.1) is 0 Å². The number of amides is 2. The van der Waals surface area contributed by atoms with E-state index in [1.54, 1.807) is 0 Å². The van der Waals surface area contributed by atoms with Crippen LogP contribution in [-0.4, -0.2) is 41.6 Å². The molecule has 0 radical (unpaired) electrons. The van der Waals surface area contributed by atoms with Crippen LogP contribution in [0.25, 0.3) is 0 Å². The van der Waals surface area contributed by atoms with Crippen molar-refractivity contribution in [3.8, 4) is 0 Å². The van der Waals surface area contributed by atoms with Gasteiger partial charge in [-0.3, -0.25) is 4.79 Å². The number of aliphatic carboxylic acids is 1. The number of likely N-dealkylation sites (tertiary alicyclic amines) is 1. The first-order chi connectivity index (χ1) is 9.63. The number of rotatable bonds is 9. The SMILES string of the molecule is CCCC1CCN(C(=O)NCCCCCCC(=O)O)C1. The van der Waals surface area contributed by atoms with Crippen LogP contribution >= 0.6 is 0 Å². The van der Waals surface area contributed by atoms with Gasteiger partial charge in [0.2, 0.25) is 0 Å². The molecule has 5 nitrogen and oxygen atoms in total. The van der Waals surface area contributed by atoms with Crippen LogP contribution in [0.2, 0.25) is 0 Å². The predicted molar refractivity (Wildman–Crippen MR) is 78.7 cm³/mol. The van der Waals surface area contributed by atoms with Crippen molar-refractivity contribution < 1.29 is 14.7 Å². The van der Waals surface area contributed by atoms with E-state index in [1.807, 2.05) is 4.90 Å². The van der Waals surface area contributed by atoms with Crippen molar-refractivity contribution in [2.75, 3.05) is 19.6 Å². The molecule has 1 aliphatic heterocycles. The zero-order valence-corrected chi connectivity index (χ0v) is 12.6. The van der Waals surface area contributed by atoms with Gasteiger partial charge in [0.25, 0.3) is 0 Å². The van der Waals surface area contributed by atoms with Gasteiger partial charge in [0.1, 0.15) is 0 Å². The number of nitrogens with zero attached hydrogens (tertiary/aromatic N) is 1. The molecule has 0 saturated carbocycles. The number of urea groups is 1. The Morgan fingerprint density at radius 2 is 2.00 bits per heavy atom. The van der Waals surface area contributed by atoms with Crippen LogP contribution in [0, 0.1) is 5.92 Å². The second-order valence-corrected chi connectivity index (χ2v) is 5.68. The topological polar surface area (TPSA) is 69.6 Å². The zero-order valence-electron chi connectivity index (χ0n) is 12.6. The van der Waals surface area contributed by atoms with E-state index < -0.39 is 5.97 Å². The molecule has 1 heterocycles. The van der Waals surface area contributed by atoms with Gasteiger partial charge >= 0.3 is 12.0 Å². The number of hydrogen-bond acceptors (Lipinski definition) is 2. The maximum atomic E-state index is 11.9. The van der Waals surface area contributed by atoms with E-state index in [0.29, 0.717) is 12.5 Å². The number of carboxylic acid groups (broad SMARTS) is 1. The highest BCUT2D eigenvalue weighted by molar-refractivity contribution is 5.74. The molecule has 5 heteroatoms. The number of carboxylic acids is 1. The molecular weight excluding hydrogens is 256 g/mol. The molecule has 1 aliphatic rings. The standard InChI is InChI=1S/C15H28N2O3/c1-2-7-13-9-11-17(12-13)15(20)16-10-6-4-3-5-8-14(18)19/h13H,2-12H2,1H3,(H,16,20)(H,18,19). The summed E-state index contributed by atoms with van der Waals surface area (Å²) >= 11 is 0. The van der Waals surface area contributed by atoms with Crippen LogP contribution in [-0.2, 0) is 4.79 Å². The summed E-state index contributed by atoms with van der Waals surface area (Å²) in [5, 5.41) is 11.5. The highest BCUT2D eigenvalue weighted by Gasteiger charge is 2.24. The van der Waals surface area contributed by atoms with Crippen LogP contribution in [0.1, 0.15) is 58.3 Å². The molecule has 1 rings (SSSR count). The summed E-state index contributed by atoms with van der Waals surface area (Å²) in [7, 11) is 0. The van der Waals surface area contributed by atoms with E-state index in [0.717, 1.165) is 45.2 Å². The van der Waals surface area contributed by atoms with E-state index >= 15 is 0 Å². The maximum Gasteiger partial charge on any atom is 0.317 e. The second-order valence-electron chi connectivity index (χ2n) is 5.68. The molecule has 1 unspecified atom stereocenters. The molecule has 116 valence electrons. The fourth-order valence-electron chi connectivity index (χ4n) is 2.72. The summed E-state index contributed by atoms with van der Waals surface area (Å²) in [4.78, 5) is 24.2. The summed E-state index contributed by atoms with van der Waals surface area (Å²) in [6, 6.07) is 0.0640. The Morgan fingerprint density at radius 1 is 1.25 bits per heavy atom. The summed E-state index contributed by atoms with van der Waals surface area (Å²) in [5.41, 5.74) is 0. The predicted octanol–water partition coefficient (Wildman–Crippen LogP) is 2.85. The molecular formula is C15H28N2O3. The minimum absolute atomic E-state index is 0.0640. The quantitative estimate of drug-likeness (QED) is 0.640. The molecule has 0 aliphatic carbocycles. The van der Waals surface area contributed by atoms with Crippen LogP contribution < -0.4 is 5.32 Å². The third-order valence-electron chi connectivity index (χ3n) is 3.86. The van der Waals surface area contributed by atoms with Crippen LogP contribution in [0.5, 0.6) is 0 Å². The molecule has 2 N–H and O–H groups in total. The van der Waals surface area contributed by atoms with Gasteiger partial charge in [0.05, 0.1) is 0 Å². The van der Waals surface area contributed by atoms with E-state index in [-0.39, 0.29) is 12.5 Å². The first-order valence-corrected chi connectivity index (χ1v) is 7.88. The molecule has 2 amide bonds. The highest BCUT2D eigenvalue weighted by Crippen LogP contribution is 2.20. The molecule has 0 aromatic rings. The Hall–Kier alpha value is -1.26. The number of carbonyl (C=O) groups is 2. The smallest absolute Gasteiger partial charge is 0.317 e. The number of carbonyl (C=O) groups excluding carboxylic acids is 1. The summed E-state index contributed by atoms with van der Waals surface area (Å²) in [6.07, 6.45) is 7.35. The van der Waals surface area contributed by atoms with Crippen molar-refractivity contribution in [2.24, 2.45) is 5.92 Å². The third kappa shape index (κ3) is 6.78. The molecule has 0 bridgehead atoms. The first-order valence-electron chi connectivity index (χ1n) is 7.88. The fourth-order valence-corrected chi connectivity index (χ4v) is 2.72. The molecule has 1 fully saturated rings. The molecule has 0 aromatic carbocycles. The van der Waals surface area contributed by atoms with Crippen LogP contribution in [0.4, 0.5) is 4.79 Å². The summed E-state index contributed by atoms with van der Waals surface area (Å²) in [6.45, 7) is 4.67. The van der Waals surface area contributed by atoms with E-state index in [9.17, 15) is 9.59 Å². The van der Waals surface area contributed by atoms with Gasteiger partial charge in [-0.1, -0.05) is 26.2 Å². The van der Waals surface area contributed by atoms with Gasteiger partial charge < -0.3 is 15.3 Å². The van der Waals surface area contributed by atoms with Crippen molar-refractivity contribution in [3.63, 3.8) is 0 Å². The van der Waals surface area contributed by atoms with Gasteiger partial charge in [-0.2, -0.15) is 0 Å². The van der Waals surface area contributed by atoms with Crippen molar-refractivity contribution >= 4 is 12.0 Å². The minimum Gasteiger partial charge on any atom is -0.481 e.